The Labute approximate surface area is 170 Å². The van der Waals surface area contributed by atoms with Gasteiger partial charge < -0.3 is 19.0 Å². The highest BCUT2D eigenvalue weighted by molar-refractivity contribution is 6.32. The van der Waals surface area contributed by atoms with E-state index in [1.54, 1.807) is 25.5 Å². The van der Waals surface area contributed by atoms with Gasteiger partial charge in [-0.2, -0.15) is 0 Å². The average molecular weight is 402 g/mol. The van der Waals surface area contributed by atoms with Crippen molar-refractivity contribution in [3.63, 3.8) is 0 Å². The molecule has 0 aliphatic heterocycles. The molecule has 3 rings (SSSR count). The molecule has 1 unspecified atom stereocenters. The average Bonchev–Trinajstić information content (AvgIpc) is 3.21. The Balaban J connectivity index is 1.65. The van der Waals surface area contributed by atoms with Crippen molar-refractivity contribution in [1.82, 2.24) is 4.90 Å². The maximum atomic E-state index is 10.5. The van der Waals surface area contributed by atoms with Crippen LogP contribution in [0.2, 0.25) is 5.02 Å². The fourth-order valence-electron chi connectivity index (χ4n) is 2.98. The highest BCUT2D eigenvalue weighted by atomic mass is 35.5. The lowest BCUT2D eigenvalue weighted by atomic mass is 10.1. The Bertz CT molecular complexity index is 853. The molecule has 2 aromatic carbocycles. The number of hydrogen-bond acceptors (Lipinski definition) is 5. The Kier molecular flexibility index (Phi) is 7.37. The Morgan fingerprint density at radius 2 is 1.75 bits per heavy atom. The normalized spacial score (nSPS) is 12.1. The second-order valence-electron chi connectivity index (χ2n) is 6.46. The molecule has 0 radical (unpaired) electrons. The van der Waals surface area contributed by atoms with E-state index in [9.17, 15) is 5.11 Å². The van der Waals surface area contributed by atoms with E-state index < -0.39 is 6.10 Å². The molecule has 0 aliphatic rings. The molecule has 0 saturated heterocycles. The largest absolute Gasteiger partial charge is 0.496 e. The highest BCUT2D eigenvalue weighted by Gasteiger charge is 2.17. The van der Waals surface area contributed by atoms with Gasteiger partial charge in [0.2, 0.25) is 0 Å². The fourth-order valence-corrected chi connectivity index (χ4v) is 3.17. The molecule has 28 heavy (non-hydrogen) atoms. The lowest BCUT2D eigenvalue weighted by Gasteiger charge is -2.25. The van der Waals surface area contributed by atoms with E-state index in [1.165, 1.54) is 0 Å². The number of para-hydroxylation sites is 2. The molecular weight excluding hydrogens is 378 g/mol. The molecule has 1 N–H and O–H groups in total. The lowest BCUT2D eigenvalue weighted by molar-refractivity contribution is 0.0602. The summed E-state index contributed by atoms with van der Waals surface area (Å²) in [4.78, 5) is 2.09. The standard InChI is InChI=1S/C22H24ClNO4/c1-26-21-10-4-2-7-17(21)13-24(15-19-8-6-12-27-19)14-18(25)16-28-22-11-5-3-9-20(22)23/h2-12,18,25H,13-16H2,1H3. The number of halogens is 1. The number of methoxy groups -OCH3 is 1. The van der Waals surface area contributed by atoms with Crippen LogP contribution in [0.15, 0.2) is 71.3 Å². The number of rotatable bonds is 10. The van der Waals surface area contributed by atoms with Crippen molar-refractivity contribution >= 4 is 11.6 Å². The van der Waals surface area contributed by atoms with Gasteiger partial charge in [-0.05, 0) is 30.3 Å². The van der Waals surface area contributed by atoms with Crippen LogP contribution in [0.5, 0.6) is 11.5 Å². The van der Waals surface area contributed by atoms with Crippen LogP contribution in [0.25, 0.3) is 0 Å². The van der Waals surface area contributed by atoms with E-state index in [0.717, 1.165) is 17.1 Å². The highest BCUT2D eigenvalue weighted by Crippen LogP contribution is 2.24. The van der Waals surface area contributed by atoms with Crippen molar-refractivity contribution in [3.8, 4) is 11.5 Å². The summed E-state index contributed by atoms with van der Waals surface area (Å²) in [5, 5.41) is 11.1. The molecule has 6 heteroatoms. The van der Waals surface area contributed by atoms with Crippen molar-refractivity contribution < 1.29 is 19.0 Å². The van der Waals surface area contributed by atoms with Crippen molar-refractivity contribution in [2.24, 2.45) is 0 Å². The van der Waals surface area contributed by atoms with Gasteiger partial charge in [0.05, 0.1) is 24.9 Å². The third kappa shape index (κ3) is 5.76. The van der Waals surface area contributed by atoms with Gasteiger partial charge in [0.15, 0.2) is 0 Å². The third-order valence-corrected chi connectivity index (χ3v) is 4.60. The summed E-state index contributed by atoms with van der Waals surface area (Å²) in [6.45, 7) is 1.72. The molecule has 0 fully saturated rings. The fraction of sp³-hybridized carbons (Fsp3) is 0.273. The van der Waals surface area contributed by atoms with Gasteiger partial charge in [0.1, 0.15) is 30.0 Å². The number of ether oxygens (including phenoxy) is 2. The number of benzene rings is 2. The molecule has 0 aliphatic carbocycles. The predicted octanol–water partition coefficient (Wildman–Crippen LogP) is 4.38. The summed E-state index contributed by atoms with van der Waals surface area (Å²) >= 11 is 6.11. The van der Waals surface area contributed by atoms with Gasteiger partial charge in [-0.15, -0.1) is 0 Å². The molecule has 1 aromatic heterocycles. The second-order valence-corrected chi connectivity index (χ2v) is 6.86. The molecule has 1 heterocycles. The minimum absolute atomic E-state index is 0.143. The molecule has 1 atom stereocenters. The van der Waals surface area contributed by atoms with Gasteiger partial charge in [0.25, 0.3) is 0 Å². The summed E-state index contributed by atoms with van der Waals surface area (Å²) in [6, 6.07) is 18.8. The van der Waals surface area contributed by atoms with Crippen LogP contribution < -0.4 is 9.47 Å². The Hall–Kier alpha value is -2.47. The minimum atomic E-state index is -0.694. The number of aliphatic hydroxyl groups excluding tert-OH is 1. The topological polar surface area (TPSA) is 55.1 Å². The number of furan rings is 1. The van der Waals surface area contributed by atoms with E-state index in [0.29, 0.717) is 30.4 Å². The first-order valence-corrected chi connectivity index (χ1v) is 9.45. The van der Waals surface area contributed by atoms with Crippen LogP contribution in [0, 0.1) is 0 Å². The molecule has 0 bridgehead atoms. The van der Waals surface area contributed by atoms with Crippen molar-refractivity contribution in [2.45, 2.75) is 19.2 Å². The van der Waals surface area contributed by atoms with Crippen LogP contribution in [0.4, 0.5) is 0 Å². The van der Waals surface area contributed by atoms with E-state index in [4.69, 9.17) is 25.5 Å². The van der Waals surface area contributed by atoms with E-state index in [1.807, 2.05) is 48.5 Å². The zero-order chi connectivity index (χ0) is 19.8. The summed E-state index contributed by atoms with van der Waals surface area (Å²) in [7, 11) is 1.65. The number of hydrogen-bond donors (Lipinski definition) is 1. The Morgan fingerprint density at radius 1 is 1.00 bits per heavy atom. The molecule has 0 saturated carbocycles. The molecule has 0 amide bonds. The molecule has 3 aromatic rings. The predicted molar refractivity (Wildman–Crippen MR) is 109 cm³/mol. The van der Waals surface area contributed by atoms with Gasteiger partial charge in [-0.1, -0.05) is 41.9 Å². The van der Waals surface area contributed by atoms with Gasteiger partial charge in [-0.3, -0.25) is 4.90 Å². The second kappa shape index (κ2) is 10.2. The maximum absolute atomic E-state index is 10.5. The first kappa shape index (κ1) is 20.3. The summed E-state index contributed by atoms with van der Waals surface area (Å²) in [6.07, 6.45) is 0.953. The maximum Gasteiger partial charge on any atom is 0.138 e. The van der Waals surface area contributed by atoms with E-state index in [2.05, 4.69) is 4.90 Å². The zero-order valence-corrected chi connectivity index (χ0v) is 16.5. The molecular formula is C22H24ClNO4. The van der Waals surface area contributed by atoms with Crippen LogP contribution in [-0.2, 0) is 13.1 Å². The smallest absolute Gasteiger partial charge is 0.138 e. The summed E-state index contributed by atoms with van der Waals surface area (Å²) < 4.78 is 16.6. The van der Waals surface area contributed by atoms with Crippen molar-refractivity contribution in [1.29, 1.82) is 0 Å². The zero-order valence-electron chi connectivity index (χ0n) is 15.8. The quantitative estimate of drug-likeness (QED) is 0.546. The van der Waals surface area contributed by atoms with Gasteiger partial charge >= 0.3 is 0 Å². The Morgan fingerprint density at radius 3 is 2.46 bits per heavy atom. The summed E-state index contributed by atoms with van der Waals surface area (Å²) in [5.41, 5.74) is 1.04. The van der Waals surface area contributed by atoms with Gasteiger partial charge in [0, 0.05) is 18.7 Å². The van der Waals surface area contributed by atoms with Crippen LogP contribution in [0.1, 0.15) is 11.3 Å². The van der Waals surface area contributed by atoms with Crippen LogP contribution >= 0.6 is 11.6 Å². The van der Waals surface area contributed by atoms with Crippen molar-refractivity contribution in [2.75, 3.05) is 20.3 Å². The van der Waals surface area contributed by atoms with Crippen molar-refractivity contribution in [3.05, 3.63) is 83.3 Å². The van der Waals surface area contributed by atoms with E-state index in [-0.39, 0.29) is 6.61 Å². The number of aliphatic hydroxyl groups is 1. The first-order chi connectivity index (χ1) is 13.7. The molecule has 148 valence electrons. The SMILES string of the molecule is COc1ccccc1CN(Cc1ccco1)CC(O)COc1ccccc1Cl. The molecule has 0 spiro atoms. The summed E-state index contributed by atoms with van der Waals surface area (Å²) in [5.74, 6) is 2.20. The lowest BCUT2D eigenvalue weighted by Crippen LogP contribution is -2.35. The van der Waals surface area contributed by atoms with Crippen LogP contribution in [0.3, 0.4) is 0 Å². The van der Waals surface area contributed by atoms with Crippen LogP contribution in [-0.4, -0.2) is 36.4 Å². The van der Waals surface area contributed by atoms with E-state index >= 15 is 0 Å². The number of nitrogens with zero attached hydrogens (tertiary/aromatic N) is 1. The minimum Gasteiger partial charge on any atom is -0.496 e. The first-order valence-electron chi connectivity index (χ1n) is 9.07. The molecule has 5 nitrogen and oxygen atoms in total. The third-order valence-electron chi connectivity index (χ3n) is 4.28. The monoisotopic (exact) mass is 401 g/mol. The van der Waals surface area contributed by atoms with Gasteiger partial charge in [-0.25, -0.2) is 0 Å².